The van der Waals surface area contributed by atoms with Gasteiger partial charge in [-0.3, -0.25) is 4.79 Å². The van der Waals surface area contributed by atoms with Crippen LogP contribution >= 0.6 is 23.2 Å². The minimum atomic E-state index is -0.861. The molecule has 0 amide bonds. The fourth-order valence-electron chi connectivity index (χ4n) is 5.17. The molecule has 37 heavy (non-hydrogen) atoms. The van der Waals surface area contributed by atoms with Gasteiger partial charge in [0.1, 0.15) is 17.6 Å². The van der Waals surface area contributed by atoms with Crippen LogP contribution in [-0.4, -0.2) is 32.8 Å². The molecule has 2 heterocycles. The van der Waals surface area contributed by atoms with Crippen molar-refractivity contribution in [1.82, 2.24) is 14.6 Å². The maximum absolute atomic E-state index is 11.6. The third-order valence-corrected chi connectivity index (χ3v) is 7.54. The lowest BCUT2D eigenvalue weighted by molar-refractivity contribution is -0.136. The van der Waals surface area contributed by atoms with Crippen LogP contribution in [0, 0.1) is 0 Å². The number of benzene rings is 2. The van der Waals surface area contributed by atoms with E-state index in [1.54, 1.807) is 31.4 Å². The standard InChI is InChI=1S/C27H26Cl2N4O4/c1-36-22-12-16(6-10-21(22)37-17-7-9-19(28)20(29)13-17)24-18(8-11-23(34)35)25(15-4-2-3-5-15)33-26(24)27(30)31-14-32-33/h6-7,9-10,12-15H,2-5,8,11H2,1H3,(H,34,35)(H2,30,31,32). The normalized spacial score (nSPS) is 13.8. The van der Waals surface area contributed by atoms with Gasteiger partial charge >= 0.3 is 5.97 Å². The van der Waals surface area contributed by atoms with Crippen molar-refractivity contribution in [2.45, 2.75) is 44.4 Å². The van der Waals surface area contributed by atoms with Gasteiger partial charge in [-0.1, -0.05) is 42.1 Å². The van der Waals surface area contributed by atoms with E-state index in [-0.39, 0.29) is 12.3 Å². The number of rotatable bonds is 8. The minimum absolute atomic E-state index is 0.00735. The Morgan fingerprint density at radius 3 is 2.62 bits per heavy atom. The molecule has 0 bridgehead atoms. The SMILES string of the molecule is COc1cc(-c2c(CCC(=O)O)c(C3CCCC3)n3ncnc(N)c23)ccc1Oc1ccc(Cl)c(Cl)c1. The number of aliphatic carboxylic acids is 1. The van der Waals surface area contributed by atoms with Crippen LogP contribution in [0.4, 0.5) is 5.82 Å². The average Bonchev–Trinajstić information content (AvgIpc) is 3.52. The van der Waals surface area contributed by atoms with Crippen molar-refractivity contribution in [2.24, 2.45) is 0 Å². The summed E-state index contributed by atoms with van der Waals surface area (Å²) in [5.74, 6) is 1.24. The predicted octanol–water partition coefficient (Wildman–Crippen LogP) is 6.76. The van der Waals surface area contributed by atoms with Gasteiger partial charge in [-0.25, -0.2) is 9.50 Å². The van der Waals surface area contributed by atoms with E-state index in [1.165, 1.54) is 6.33 Å². The fourth-order valence-corrected chi connectivity index (χ4v) is 5.46. The van der Waals surface area contributed by atoms with Crippen molar-refractivity contribution in [1.29, 1.82) is 0 Å². The molecule has 0 saturated heterocycles. The van der Waals surface area contributed by atoms with Crippen LogP contribution in [0.2, 0.25) is 10.0 Å². The molecule has 1 aliphatic carbocycles. The third kappa shape index (κ3) is 4.91. The molecule has 0 aliphatic heterocycles. The molecule has 2 aromatic carbocycles. The maximum Gasteiger partial charge on any atom is 0.303 e. The molecule has 8 nitrogen and oxygen atoms in total. The number of methoxy groups -OCH3 is 1. The molecular formula is C27H26Cl2N4O4. The zero-order valence-electron chi connectivity index (χ0n) is 20.2. The monoisotopic (exact) mass is 540 g/mol. The van der Waals surface area contributed by atoms with Gasteiger partial charge in [-0.05, 0) is 54.7 Å². The Bertz CT molecular complexity index is 1480. The van der Waals surface area contributed by atoms with Gasteiger partial charge in [0, 0.05) is 29.7 Å². The van der Waals surface area contributed by atoms with Crippen LogP contribution in [-0.2, 0) is 11.2 Å². The number of nitrogens with zero attached hydrogens (tertiary/aromatic N) is 3. The van der Waals surface area contributed by atoms with E-state index in [4.69, 9.17) is 38.4 Å². The quantitative estimate of drug-likeness (QED) is 0.253. The largest absolute Gasteiger partial charge is 0.493 e. The number of halogens is 2. The zero-order chi connectivity index (χ0) is 26.1. The summed E-state index contributed by atoms with van der Waals surface area (Å²) < 4.78 is 13.6. The number of anilines is 1. The minimum Gasteiger partial charge on any atom is -0.493 e. The Morgan fingerprint density at radius 2 is 1.92 bits per heavy atom. The van der Waals surface area contributed by atoms with Crippen molar-refractivity contribution < 1.29 is 19.4 Å². The molecule has 1 aliphatic rings. The molecule has 10 heteroatoms. The number of carboxylic acid groups (broad SMARTS) is 1. The van der Waals surface area contributed by atoms with E-state index < -0.39 is 5.97 Å². The molecule has 1 fully saturated rings. The molecule has 4 aromatic rings. The molecular weight excluding hydrogens is 515 g/mol. The first-order valence-corrected chi connectivity index (χ1v) is 12.8. The lowest BCUT2D eigenvalue weighted by Gasteiger charge is -2.14. The first-order chi connectivity index (χ1) is 17.9. The number of nitrogens with two attached hydrogens (primary N) is 1. The van der Waals surface area contributed by atoms with E-state index in [2.05, 4.69) is 10.1 Å². The second-order valence-corrected chi connectivity index (χ2v) is 9.88. The number of hydrogen-bond acceptors (Lipinski definition) is 6. The van der Waals surface area contributed by atoms with Crippen LogP contribution in [0.3, 0.4) is 0 Å². The Labute approximate surface area is 223 Å². The second kappa shape index (κ2) is 10.5. The lowest BCUT2D eigenvalue weighted by Crippen LogP contribution is -2.07. The topological polar surface area (TPSA) is 112 Å². The predicted molar refractivity (Wildman–Crippen MR) is 143 cm³/mol. The summed E-state index contributed by atoms with van der Waals surface area (Å²) in [5.41, 5.74) is 10.6. The number of carbonyl (C=O) groups is 1. The fraction of sp³-hybridized carbons (Fsp3) is 0.296. The molecule has 2 aromatic heterocycles. The highest BCUT2D eigenvalue weighted by atomic mass is 35.5. The molecule has 0 unspecified atom stereocenters. The number of nitrogen functional groups attached to an aromatic ring is 1. The summed E-state index contributed by atoms with van der Waals surface area (Å²) in [5, 5.41) is 14.9. The van der Waals surface area contributed by atoms with Crippen LogP contribution in [0.25, 0.3) is 16.6 Å². The number of fused-ring (bicyclic) bond motifs is 1. The van der Waals surface area contributed by atoms with Crippen molar-refractivity contribution in [3.8, 4) is 28.4 Å². The first-order valence-electron chi connectivity index (χ1n) is 12.0. The van der Waals surface area contributed by atoms with Crippen molar-refractivity contribution in [3.05, 3.63) is 64.0 Å². The third-order valence-electron chi connectivity index (χ3n) is 6.80. The molecule has 0 radical (unpaired) electrons. The average molecular weight is 541 g/mol. The van der Waals surface area contributed by atoms with Gasteiger partial charge in [0.05, 0.1) is 17.2 Å². The maximum atomic E-state index is 11.6. The van der Waals surface area contributed by atoms with Crippen LogP contribution in [0.1, 0.15) is 49.3 Å². The smallest absolute Gasteiger partial charge is 0.303 e. The Morgan fingerprint density at radius 1 is 1.14 bits per heavy atom. The summed E-state index contributed by atoms with van der Waals surface area (Å²) in [6.45, 7) is 0. The van der Waals surface area contributed by atoms with Crippen LogP contribution in [0.5, 0.6) is 17.2 Å². The van der Waals surface area contributed by atoms with Crippen molar-refractivity contribution in [3.63, 3.8) is 0 Å². The molecule has 0 atom stereocenters. The molecule has 5 rings (SSSR count). The molecule has 192 valence electrons. The molecule has 3 N–H and O–H groups in total. The second-order valence-electron chi connectivity index (χ2n) is 9.06. The van der Waals surface area contributed by atoms with Gasteiger partial charge in [-0.15, -0.1) is 0 Å². The van der Waals surface area contributed by atoms with Gasteiger partial charge in [0.15, 0.2) is 17.3 Å². The number of aromatic nitrogens is 3. The van der Waals surface area contributed by atoms with E-state index in [1.807, 2.05) is 16.6 Å². The lowest BCUT2D eigenvalue weighted by atomic mass is 9.92. The van der Waals surface area contributed by atoms with Crippen LogP contribution in [0.15, 0.2) is 42.7 Å². The van der Waals surface area contributed by atoms with Gasteiger partial charge in [-0.2, -0.15) is 5.10 Å². The van der Waals surface area contributed by atoms with Gasteiger partial charge < -0.3 is 20.3 Å². The number of carboxylic acids is 1. The Balaban J connectivity index is 1.66. The summed E-state index contributed by atoms with van der Waals surface area (Å²) in [4.78, 5) is 15.8. The highest BCUT2D eigenvalue weighted by molar-refractivity contribution is 6.42. The summed E-state index contributed by atoms with van der Waals surface area (Å²) in [7, 11) is 1.56. The van der Waals surface area contributed by atoms with Crippen molar-refractivity contribution in [2.75, 3.05) is 12.8 Å². The Hall–Kier alpha value is -3.49. The summed E-state index contributed by atoms with van der Waals surface area (Å²) in [6.07, 6.45) is 6.09. The van der Waals surface area contributed by atoms with Crippen LogP contribution < -0.4 is 15.2 Å². The van der Waals surface area contributed by atoms with E-state index in [0.717, 1.165) is 48.1 Å². The zero-order valence-corrected chi connectivity index (χ0v) is 21.7. The number of ether oxygens (including phenoxy) is 2. The molecule has 0 spiro atoms. The van der Waals surface area contributed by atoms with Crippen molar-refractivity contribution >= 4 is 40.5 Å². The summed E-state index contributed by atoms with van der Waals surface area (Å²) in [6, 6.07) is 10.6. The van der Waals surface area contributed by atoms with Gasteiger partial charge in [0.2, 0.25) is 0 Å². The van der Waals surface area contributed by atoms with E-state index >= 15 is 0 Å². The number of hydrogen-bond donors (Lipinski definition) is 2. The molecule has 1 saturated carbocycles. The summed E-state index contributed by atoms with van der Waals surface area (Å²) >= 11 is 12.2. The highest BCUT2D eigenvalue weighted by Gasteiger charge is 2.30. The van der Waals surface area contributed by atoms with E-state index in [0.29, 0.717) is 45.0 Å². The highest BCUT2D eigenvalue weighted by Crippen LogP contribution is 2.45. The van der Waals surface area contributed by atoms with E-state index in [9.17, 15) is 9.90 Å². The first kappa shape index (κ1) is 25.2. The van der Waals surface area contributed by atoms with Gasteiger partial charge in [0.25, 0.3) is 0 Å². The Kier molecular flexibility index (Phi) is 7.13.